The fourth-order valence-electron chi connectivity index (χ4n) is 2.89. The normalized spacial score (nSPS) is 45.6. The Kier molecular flexibility index (Phi) is 2.82. The minimum absolute atomic E-state index is 0.163. The summed E-state index contributed by atoms with van der Waals surface area (Å²) in [6.07, 6.45) is 4.94. The Morgan fingerprint density at radius 2 is 2.07 bits per heavy atom. The quantitative estimate of drug-likeness (QED) is 0.655. The topological polar surface area (TPSA) is 43.7 Å². The lowest BCUT2D eigenvalue weighted by atomic mass is 9.93. The van der Waals surface area contributed by atoms with E-state index in [1.54, 1.807) is 0 Å². The number of nitrogens with zero attached hydrogens (tertiary/aromatic N) is 1. The number of piperidine rings is 1. The summed E-state index contributed by atoms with van der Waals surface area (Å²) >= 11 is 0. The van der Waals surface area contributed by atoms with Gasteiger partial charge in [0.05, 0.1) is 11.7 Å². The molecule has 1 aliphatic carbocycles. The van der Waals surface area contributed by atoms with Crippen molar-refractivity contribution in [3.05, 3.63) is 0 Å². The monoisotopic (exact) mass is 199 g/mol. The van der Waals surface area contributed by atoms with Gasteiger partial charge in [-0.3, -0.25) is 4.90 Å². The van der Waals surface area contributed by atoms with E-state index in [0.717, 1.165) is 45.2 Å². The fraction of sp³-hybridized carbons (Fsp3) is 1.00. The number of aliphatic hydroxyl groups is 2. The molecule has 0 aromatic heterocycles. The average molecular weight is 199 g/mol. The molecule has 0 radical (unpaired) electrons. The maximum absolute atomic E-state index is 9.97. The number of hydrogen-bond donors (Lipinski definition) is 2. The molecule has 1 aliphatic heterocycles. The Hall–Kier alpha value is -0.120. The van der Waals surface area contributed by atoms with Crippen LogP contribution >= 0.6 is 0 Å². The molecule has 0 aromatic carbocycles. The third-order valence-electron chi connectivity index (χ3n) is 3.62. The molecule has 14 heavy (non-hydrogen) atoms. The van der Waals surface area contributed by atoms with E-state index in [4.69, 9.17) is 0 Å². The maximum atomic E-state index is 9.97. The highest BCUT2D eigenvalue weighted by molar-refractivity contribution is 4.91. The Labute approximate surface area is 85.7 Å². The Bertz CT molecular complexity index is 205. The van der Waals surface area contributed by atoms with Gasteiger partial charge in [0.2, 0.25) is 0 Å². The van der Waals surface area contributed by atoms with Gasteiger partial charge in [0.1, 0.15) is 0 Å². The highest BCUT2D eigenvalue weighted by Gasteiger charge is 2.36. The van der Waals surface area contributed by atoms with E-state index < -0.39 is 5.60 Å². The SMILES string of the molecule is CC1(O)CCCN([C@@H]2CCC[C@H]2O)C1. The van der Waals surface area contributed by atoms with Crippen molar-refractivity contribution >= 4 is 0 Å². The molecule has 2 N–H and O–H groups in total. The second kappa shape index (κ2) is 3.80. The van der Waals surface area contributed by atoms with Gasteiger partial charge < -0.3 is 10.2 Å². The summed E-state index contributed by atoms with van der Waals surface area (Å²) in [6.45, 7) is 3.67. The molecule has 1 saturated heterocycles. The molecule has 1 saturated carbocycles. The third kappa shape index (κ3) is 2.10. The molecule has 0 aromatic rings. The number of hydrogen-bond acceptors (Lipinski definition) is 3. The second-order valence-electron chi connectivity index (χ2n) is 5.14. The fourth-order valence-corrected chi connectivity index (χ4v) is 2.89. The third-order valence-corrected chi connectivity index (χ3v) is 3.62. The van der Waals surface area contributed by atoms with Gasteiger partial charge in [0.25, 0.3) is 0 Å². The average Bonchev–Trinajstić information content (AvgIpc) is 2.49. The molecule has 2 rings (SSSR count). The van der Waals surface area contributed by atoms with Crippen molar-refractivity contribution in [3.8, 4) is 0 Å². The summed E-state index contributed by atoms with van der Waals surface area (Å²) in [5.74, 6) is 0. The molecule has 2 fully saturated rings. The van der Waals surface area contributed by atoms with Gasteiger partial charge >= 0.3 is 0 Å². The first kappa shape index (κ1) is 10.4. The van der Waals surface area contributed by atoms with E-state index in [2.05, 4.69) is 4.90 Å². The Balaban J connectivity index is 1.97. The first-order chi connectivity index (χ1) is 6.58. The van der Waals surface area contributed by atoms with Crippen molar-refractivity contribution in [2.45, 2.75) is 56.8 Å². The van der Waals surface area contributed by atoms with Crippen LogP contribution in [0.4, 0.5) is 0 Å². The van der Waals surface area contributed by atoms with Gasteiger partial charge in [0, 0.05) is 12.6 Å². The molecule has 0 spiro atoms. The van der Waals surface area contributed by atoms with Crippen LogP contribution in [0.3, 0.4) is 0 Å². The van der Waals surface area contributed by atoms with Crippen LogP contribution in [0.2, 0.25) is 0 Å². The molecule has 82 valence electrons. The molecule has 2 aliphatic rings. The second-order valence-corrected chi connectivity index (χ2v) is 5.14. The molecule has 3 heteroatoms. The number of likely N-dealkylation sites (tertiary alicyclic amines) is 1. The van der Waals surface area contributed by atoms with Crippen LogP contribution in [0, 0.1) is 0 Å². The zero-order chi connectivity index (χ0) is 10.2. The summed E-state index contributed by atoms with van der Waals surface area (Å²) in [6, 6.07) is 0.307. The largest absolute Gasteiger partial charge is 0.391 e. The molecule has 3 nitrogen and oxygen atoms in total. The van der Waals surface area contributed by atoms with Crippen LogP contribution in [0.25, 0.3) is 0 Å². The standard InChI is InChI=1S/C11H21NO2/c1-11(14)6-3-7-12(8-11)9-4-2-5-10(9)13/h9-10,13-14H,2-8H2,1H3/t9-,10-,11?/m1/s1. The van der Waals surface area contributed by atoms with Gasteiger partial charge in [-0.1, -0.05) is 0 Å². The first-order valence-electron chi connectivity index (χ1n) is 5.73. The van der Waals surface area contributed by atoms with Crippen LogP contribution in [-0.4, -0.2) is 45.9 Å². The van der Waals surface area contributed by atoms with Crippen molar-refractivity contribution in [1.82, 2.24) is 4.90 Å². The molecule has 1 heterocycles. The van der Waals surface area contributed by atoms with E-state index in [-0.39, 0.29) is 6.10 Å². The van der Waals surface area contributed by atoms with Crippen molar-refractivity contribution < 1.29 is 10.2 Å². The van der Waals surface area contributed by atoms with Gasteiger partial charge in [-0.25, -0.2) is 0 Å². The van der Waals surface area contributed by atoms with E-state index in [9.17, 15) is 10.2 Å². The van der Waals surface area contributed by atoms with E-state index >= 15 is 0 Å². The molecular formula is C11H21NO2. The summed E-state index contributed by atoms with van der Waals surface area (Å²) in [5.41, 5.74) is -0.541. The van der Waals surface area contributed by atoms with Crippen molar-refractivity contribution in [2.24, 2.45) is 0 Å². The van der Waals surface area contributed by atoms with Crippen molar-refractivity contribution in [2.75, 3.05) is 13.1 Å². The van der Waals surface area contributed by atoms with E-state index in [1.165, 1.54) is 0 Å². The van der Waals surface area contributed by atoms with E-state index in [0.29, 0.717) is 6.04 Å². The van der Waals surface area contributed by atoms with Crippen molar-refractivity contribution in [1.29, 1.82) is 0 Å². The van der Waals surface area contributed by atoms with Crippen LogP contribution in [0.1, 0.15) is 39.0 Å². The highest BCUT2D eigenvalue weighted by Crippen LogP contribution is 2.29. The lowest BCUT2D eigenvalue weighted by Gasteiger charge is -2.41. The molecule has 0 amide bonds. The minimum Gasteiger partial charge on any atom is -0.391 e. The molecule has 0 bridgehead atoms. The van der Waals surface area contributed by atoms with Gasteiger partial charge in [-0.15, -0.1) is 0 Å². The van der Waals surface area contributed by atoms with Crippen LogP contribution < -0.4 is 0 Å². The van der Waals surface area contributed by atoms with Crippen LogP contribution in [0.15, 0.2) is 0 Å². The smallest absolute Gasteiger partial charge is 0.0746 e. The number of rotatable bonds is 1. The Morgan fingerprint density at radius 1 is 1.29 bits per heavy atom. The zero-order valence-electron chi connectivity index (χ0n) is 8.95. The van der Waals surface area contributed by atoms with Crippen LogP contribution in [0.5, 0.6) is 0 Å². The molecular weight excluding hydrogens is 178 g/mol. The van der Waals surface area contributed by atoms with Gasteiger partial charge in [-0.2, -0.15) is 0 Å². The summed E-state index contributed by atoms with van der Waals surface area (Å²) < 4.78 is 0. The predicted molar refractivity (Wildman–Crippen MR) is 55.1 cm³/mol. The summed E-state index contributed by atoms with van der Waals surface area (Å²) in [7, 11) is 0. The highest BCUT2D eigenvalue weighted by atomic mass is 16.3. The number of β-amino-alcohol motifs (C(OH)–C–C–N with tert-alkyl or cyclic N) is 1. The lowest BCUT2D eigenvalue weighted by molar-refractivity contribution is -0.0461. The van der Waals surface area contributed by atoms with Gasteiger partial charge in [0.15, 0.2) is 0 Å². The van der Waals surface area contributed by atoms with E-state index in [1.807, 2.05) is 6.92 Å². The van der Waals surface area contributed by atoms with Crippen LogP contribution in [-0.2, 0) is 0 Å². The molecule has 1 unspecified atom stereocenters. The van der Waals surface area contributed by atoms with Crippen molar-refractivity contribution in [3.63, 3.8) is 0 Å². The summed E-state index contributed by atoms with van der Waals surface area (Å²) in [5, 5.41) is 19.8. The first-order valence-corrected chi connectivity index (χ1v) is 5.73. The Morgan fingerprint density at radius 3 is 2.64 bits per heavy atom. The maximum Gasteiger partial charge on any atom is 0.0746 e. The minimum atomic E-state index is -0.541. The molecule has 3 atom stereocenters. The lowest BCUT2D eigenvalue weighted by Crippen LogP contribution is -2.52. The van der Waals surface area contributed by atoms with Gasteiger partial charge in [-0.05, 0) is 45.6 Å². The number of aliphatic hydroxyl groups excluding tert-OH is 1. The predicted octanol–water partition coefficient (Wildman–Crippen LogP) is 0.747. The zero-order valence-corrected chi connectivity index (χ0v) is 8.95. The summed E-state index contributed by atoms with van der Waals surface area (Å²) in [4.78, 5) is 2.28.